The molecule has 9 nitrogen and oxygen atoms in total. The van der Waals surface area contributed by atoms with Crippen LogP contribution in [0.3, 0.4) is 0 Å². The maximum absolute atomic E-state index is 11.7. The summed E-state index contributed by atoms with van der Waals surface area (Å²) in [5.41, 5.74) is 5.91. The largest absolute Gasteiger partial charge is 0.493 e. The van der Waals surface area contributed by atoms with Crippen LogP contribution in [0.4, 0.5) is 0 Å². The van der Waals surface area contributed by atoms with Crippen LogP contribution in [0, 0.1) is 0 Å². The van der Waals surface area contributed by atoms with Gasteiger partial charge in [-0.1, -0.05) is 6.07 Å². The first kappa shape index (κ1) is 23.1. The quantitative estimate of drug-likeness (QED) is 0.342. The fourth-order valence-electron chi connectivity index (χ4n) is 5.15. The SMILES string of the molecule is Cn1cc2cc(C(CC(=O)O)n3ncc4cc(OCCc5ccc6c(n5)CCCC6)ccc43)cnc2n1. The number of carboxylic acid groups (broad SMARTS) is 1. The first-order valence-corrected chi connectivity index (χ1v) is 12.6. The zero-order valence-corrected chi connectivity index (χ0v) is 20.7. The minimum Gasteiger partial charge on any atom is -0.493 e. The lowest BCUT2D eigenvalue weighted by molar-refractivity contribution is -0.137. The van der Waals surface area contributed by atoms with Crippen LogP contribution in [0.1, 0.15) is 47.8 Å². The predicted octanol–water partition coefficient (Wildman–Crippen LogP) is 4.28. The van der Waals surface area contributed by atoms with Gasteiger partial charge in [-0.15, -0.1) is 0 Å². The first-order valence-electron chi connectivity index (χ1n) is 12.6. The van der Waals surface area contributed by atoms with Gasteiger partial charge >= 0.3 is 5.97 Å². The Hall–Kier alpha value is -4.27. The van der Waals surface area contributed by atoms with Crippen molar-refractivity contribution in [2.75, 3.05) is 6.61 Å². The molecule has 9 heteroatoms. The molecule has 1 unspecified atom stereocenters. The maximum atomic E-state index is 11.7. The molecule has 1 aliphatic carbocycles. The van der Waals surface area contributed by atoms with Gasteiger partial charge in [0.15, 0.2) is 5.65 Å². The van der Waals surface area contributed by atoms with Gasteiger partial charge in [-0.3, -0.25) is 19.1 Å². The number of aromatic nitrogens is 6. The molecular formula is C28H28N6O3. The second kappa shape index (κ2) is 9.65. The van der Waals surface area contributed by atoms with Crippen molar-refractivity contribution in [3.05, 3.63) is 77.5 Å². The zero-order chi connectivity index (χ0) is 25.4. The van der Waals surface area contributed by atoms with Crippen molar-refractivity contribution in [3.63, 3.8) is 0 Å². The summed E-state index contributed by atoms with van der Waals surface area (Å²) in [5, 5.41) is 20.2. The Kier molecular flexibility index (Phi) is 6.04. The fraction of sp³-hybridized carbons (Fsp3) is 0.321. The molecule has 6 rings (SSSR count). The number of carboxylic acids is 1. The Bertz CT molecular complexity index is 1600. The summed E-state index contributed by atoms with van der Waals surface area (Å²) in [4.78, 5) is 21.0. The van der Waals surface area contributed by atoms with Crippen LogP contribution >= 0.6 is 0 Å². The molecule has 0 aliphatic heterocycles. The molecule has 0 saturated heterocycles. The van der Waals surface area contributed by atoms with E-state index in [2.05, 4.69) is 27.3 Å². The number of rotatable bonds is 8. The molecule has 188 valence electrons. The van der Waals surface area contributed by atoms with Crippen molar-refractivity contribution in [1.82, 2.24) is 29.5 Å². The Morgan fingerprint density at radius 2 is 2.00 bits per heavy atom. The van der Waals surface area contributed by atoms with E-state index in [9.17, 15) is 9.90 Å². The molecular weight excluding hydrogens is 468 g/mol. The molecule has 0 radical (unpaired) electrons. The van der Waals surface area contributed by atoms with E-state index in [-0.39, 0.29) is 6.42 Å². The first-order chi connectivity index (χ1) is 18.0. The van der Waals surface area contributed by atoms with Gasteiger partial charge in [0.05, 0.1) is 30.8 Å². The maximum Gasteiger partial charge on any atom is 0.305 e. The third kappa shape index (κ3) is 4.76. The minimum atomic E-state index is -0.907. The van der Waals surface area contributed by atoms with Gasteiger partial charge < -0.3 is 9.84 Å². The van der Waals surface area contributed by atoms with E-state index >= 15 is 0 Å². The van der Waals surface area contributed by atoms with Crippen LogP contribution in [-0.4, -0.2) is 47.2 Å². The molecule has 0 saturated carbocycles. The van der Waals surface area contributed by atoms with Crippen molar-refractivity contribution in [2.45, 2.75) is 44.6 Å². The van der Waals surface area contributed by atoms with Gasteiger partial charge in [-0.25, -0.2) is 4.98 Å². The Morgan fingerprint density at radius 1 is 1.11 bits per heavy atom. The highest BCUT2D eigenvalue weighted by Gasteiger charge is 2.22. The number of pyridine rings is 2. The summed E-state index contributed by atoms with van der Waals surface area (Å²) in [6, 6.07) is 11.5. The summed E-state index contributed by atoms with van der Waals surface area (Å²) < 4.78 is 9.49. The molecule has 4 heterocycles. The Balaban J connectivity index is 1.21. The molecule has 1 atom stereocenters. The zero-order valence-electron chi connectivity index (χ0n) is 20.7. The number of hydrogen-bond acceptors (Lipinski definition) is 6. The number of ether oxygens (including phenoxy) is 1. The fourth-order valence-corrected chi connectivity index (χ4v) is 5.15. The smallest absolute Gasteiger partial charge is 0.305 e. The number of nitrogens with zero attached hydrogens (tertiary/aromatic N) is 6. The number of hydrogen-bond donors (Lipinski definition) is 1. The van der Waals surface area contributed by atoms with Gasteiger partial charge in [-0.2, -0.15) is 10.2 Å². The average molecular weight is 497 g/mol. The van der Waals surface area contributed by atoms with Gasteiger partial charge in [0.1, 0.15) is 5.75 Å². The highest BCUT2D eigenvalue weighted by molar-refractivity contribution is 5.81. The van der Waals surface area contributed by atoms with Crippen LogP contribution < -0.4 is 4.74 Å². The lowest BCUT2D eigenvalue weighted by atomic mass is 9.96. The van der Waals surface area contributed by atoms with Gasteiger partial charge in [-0.05, 0) is 67.1 Å². The van der Waals surface area contributed by atoms with Gasteiger partial charge in [0, 0.05) is 48.0 Å². The molecule has 0 spiro atoms. The molecule has 1 N–H and O–H groups in total. The molecule has 5 aromatic rings. The molecule has 1 aliphatic rings. The Labute approximate surface area is 213 Å². The summed E-state index contributed by atoms with van der Waals surface area (Å²) >= 11 is 0. The summed E-state index contributed by atoms with van der Waals surface area (Å²) in [5.74, 6) is -0.158. The lowest BCUT2D eigenvalue weighted by Gasteiger charge is -2.17. The normalized spacial score (nSPS) is 14.1. The van der Waals surface area contributed by atoms with Crippen LogP contribution in [0.2, 0.25) is 0 Å². The van der Waals surface area contributed by atoms with Crippen LogP contribution in [0.25, 0.3) is 21.9 Å². The van der Waals surface area contributed by atoms with E-state index in [1.807, 2.05) is 37.5 Å². The topological polar surface area (TPSA) is 108 Å². The van der Waals surface area contributed by atoms with Crippen molar-refractivity contribution in [3.8, 4) is 5.75 Å². The highest BCUT2D eigenvalue weighted by atomic mass is 16.5. The second-order valence-electron chi connectivity index (χ2n) is 9.62. The summed E-state index contributed by atoms with van der Waals surface area (Å²) in [6.07, 6.45) is 10.6. The third-order valence-corrected chi connectivity index (χ3v) is 6.97. The highest BCUT2D eigenvalue weighted by Crippen LogP contribution is 2.29. The van der Waals surface area contributed by atoms with E-state index in [1.54, 1.807) is 21.8 Å². The summed E-state index contributed by atoms with van der Waals surface area (Å²) in [6.45, 7) is 0.532. The van der Waals surface area contributed by atoms with Crippen LogP contribution in [0.15, 0.2) is 55.0 Å². The van der Waals surface area contributed by atoms with E-state index in [0.29, 0.717) is 12.3 Å². The van der Waals surface area contributed by atoms with E-state index < -0.39 is 12.0 Å². The van der Waals surface area contributed by atoms with Gasteiger partial charge in [0.2, 0.25) is 0 Å². The monoisotopic (exact) mass is 496 g/mol. The van der Waals surface area contributed by atoms with Crippen molar-refractivity contribution < 1.29 is 14.6 Å². The van der Waals surface area contributed by atoms with E-state index in [4.69, 9.17) is 9.72 Å². The molecule has 0 amide bonds. The second-order valence-corrected chi connectivity index (χ2v) is 9.62. The molecule has 37 heavy (non-hydrogen) atoms. The number of benzene rings is 1. The predicted molar refractivity (Wildman–Crippen MR) is 139 cm³/mol. The lowest BCUT2D eigenvalue weighted by Crippen LogP contribution is -2.16. The van der Waals surface area contributed by atoms with E-state index in [1.165, 1.54) is 24.1 Å². The van der Waals surface area contributed by atoms with Gasteiger partial charge in [0.25, 0.3) is 0 Å². The molecule has 0 bridgehead atoms. The minimum absolute atomic E-state index is 0.115. The molecule has 4 aromatic heterocycles. The molecule has 0 fully saturated rings. The number of carbonyl (C=O) groups is 1. The van der Waals surface area contributed by atoms with Crippen LogP contribution in [0.5, 0.6) is 5.75 Å². The third-order valence-electron chi connectivity index (χ3n) is 6.97. The standard InChI is InChI=1S/C28H28N6O3/c1-33-17-21-12-19(15-29-28(21)32-33)26(14-27(35)36)34-25-9-8-23(13-20(25)16-30-34)37-11-10-22-7-6-18-4-2-3-5-24(18)31-22/h6-9,12-13,15-17,26H,2-5,10-11,14H2,1H3,(H,35,36). The summed E-state index contributed by atoms with van der Waals surface area (Å²) in [7, 11) is 1.83. The Morgan fingerprint density at radius 3 is 2.89 bits per heavy atom. The number of fused-ring (bicyclic) bond motifs is 3. The van der Waals surface area contributed by atoms with Crippen molar-refractivity contribution >= 4 is 27.9 Å². The average Bonchev–Trinajstić information content (AvgIpc) is 3.48. The van der Waals surface area contributed by atoms with Crippen molar-refractivity contribution in [1.29, 1.82) is 0 Å². The number of aryl methyl sites for hydroxylation is 3. The molecule has 1 aromatic carbocycles. The van der Waals surface area contributed by atoms with Crippen molar-refractivity contribution in [2.24, 2.45) is 7.05 Å². The van der Waals surface area contributed by atoms with Crippen LogP contribution in [-0.2, 0) is 31.1 Å². The number of aliphatic carboxylic acids is 1. The van der Waals surface area contributed by atoms with E-state index in [0.717, 1.165) is 52.6 Å².